The zero-order chi connectivity index (χ0) is 11.6. The van der Waals surface area contributed by atoms with E-state index in [1.807, 2.05) is 0 Å². The van der Waals surface area contributed by atoms with Gasteiger partial charge < -0.3 is 0 Å². The molecule has 0 saturated heterocycles. The molecule has 90 valence electrons. The third kappa shape index (κ3) is 2.62. The fourth-order valence-electron chi connectivity index (χ4n) is 2.21. The Kier molecular flexibility index (Phi) is 3.30. The lowest BCUT2D eigenvalue weighted by Crippen LogP contribution is -2.28. The molecule has 6 heteroatoms. The van der Waals surface area contributed by atoms with Gasteiger partial charge in [-0.15, -0.1) is 0 Å². The van der Waals surface area contributed by atoms with E-state index in [1.54, 1.807) is 0 Å². The van der Waals surface area contributed by atoms with Gasteiger partial charge in [0.1, 0.15) is 4.90 Å². The van der Waals surface area contributed by atoms with E-state index in [2.05, 4.69) is 21.8 Å². The summed E-state index contributed by atoms with van der Waals surface area (Å²) in [5.74, 6) is 1.21. The average Bonchev–Trinajstić information content (AvgIpc) is 2.85. The molecule has 0 radical (unpaired) electrons. The van der Waals surface area contributed by atoms with Gasteiger partial charge in [-0.3, -0.25) is 5.10 Å². The second kappa shape index (κ2) is 4.55. The number of aromatic nitrogens is 2. The molecule has 2 unspecified atom stereocenters. The van der Waals surface area contributed by atoms with Crippen molar-refractivity contribution in [2.24, 2.45) is 11.8 Å². The van der Waals surface area contributed by atoms with E-state index in [4.69, 9.17) is 0 Å². The van der Waals surface area contributed by atoms with Crippen molar-refractivity contribution in [1.82, 2.24) is 14.9 Å². The van der Waals surface area contributed by atoms with Crippen LogP contribution in [0.2, 0.25) is 0 Å². The normalized spacial score (nSPS) is 26.1. The lowest BCUT2D eigenvalue weighted by Gasteiger charge is -2.10. The maximum atomic E-state index is 11.8. The van der Waals surface area contributed by atoms with Gasteiger partial charge in [-0.2, -0.15) is 5.10 Å². The smallest absolute Gasteiger partial charge is 0.243 e. The third-order valence-corrected chi connectivity index (χ3v) is 4.54. The van der Waals surface area contributed by atoms with Crippen LogP contribution in [0.4, 0.5) is 0 Å². The predicted molar refractivity (Wildman–Crippen MR) is 60.3 cm³/mol. The summed E-state index contributed by atoms with van der Waals surface area (Å²) in [7, 11) is -3.37. The molecule has 1 saturated carbocycles. The molecule has 0 amide bonds. The minimum Gasteiger partial charge on any atom is -0.284 e. The van der Waals surface area contributed by atoms with Crippen LogP contribution in [-0.4, -0.2) is 25.2 Å². The van der Waals surface area contributed by atoms with E-state index in [9.17, 15) is 8.42 Å². The van der Waals surface area contributed by atoms with Crippen molar-refractivity contribution in [3.05, 3.63) is 12.4 Å². The first kappa shape index (κ1) is 11.6. The topological polar surface area (TPSA) is 74.8 Å². The van der Waals surface area contributed by atoms with Crippen molar-refractivity contribution in [1.29, 1.82) is 0 Å². The molecule has 5 nitrogen and oxygen atoms in total. The highest BCUT2D eigenvalue weighted by Crippen LogP contribution is 2.29. The van der Waals surface area contributed by atoms with Gasteiger partial charge in [0.25, 0.3) is 0 Å². The highest BCUT2D eigenvalue weighted by Gasteiger charge is 2.23. The van der Waals surface area contributed by atoms with Gasteiger partial charge in [-0.25, -0.2) is 13.1 Å². The molecule has 1 aliphatic rings. The largest absolute Gasteiger partial charge is 0.284 e. The van der Waals surface area contributed by atoms with Crippen molar-refractivity contribution in [2.45, 2.75) is 31.1 Å². The quantitative estimate of drug-likeness (QED) is 0.832. The molecule has 0 bridgehead atoms. The Hall–Kier alpha value is -0.880. The van der Waals surface area contributed by atoms with E-state index >= 15 is 0 Å². The Morgan fingerprint density at radius 3 is 2.94 bits per heavy atom. The lowest BCUT2D eigenvalue weighted by atomic mass is 10.1. The highest BCUT2D eigenvalue weighted by molar-refractivity contribution is 7.89. The Bertz CT molecular complexity index is 427. The second-order valence-electron chi connectivity index (χ2n) is 4.57. The summed E-state index contributed by atoms with van der Waals surface area (Å²) in [6, 6.07) is 0. The number of aromatic amines is 1. The van der Waals surface area contributed by atoms with Gasteiger partial charge >= 0.3 is 0 Å². The number of rotatable bonds is 4. The van der Waals surface area contributed by atoms with E-state index < -0.39 is 10.0 Å². The van der Waals surface area contributed by atoms with Gasteiger partial charge in [-0.1, -0.05) is 13.3 Å². The maximum Gasteiger partial charge on any atom is 0.243 e. The molecular weight excluding hydrogens is 226 g/mol. The highest BCUT2D eigenvalue weighted by atomic mass is 32.2. The van der Waals surface area contributed by atoms with Crippen LogP contribution in [-0.2, 0) is 10.0 Å². The Balaban J connectivity index is 1.91. The van der Waals surface area contributed by atoms with E-state index in [1.165, 1.54) is 18.8 Å². The van der Waals surface area contributed by atoms with Crippen LogP contribution >= 0.6 is 0 Å². The first-order valence-corrected chi connectivity index (χ1v) is 7.04. The fraction of sp³-hybridized carbons (Fsp3) is 0.700. The van der Waals surface area contributed by atoms with Crippen LogP contribution in [0.1, 0.15) is 26.2 Å². The SMILES string of the molecule is CC1CCC(CNS(=O)(=O)c2cn[nH]c2)C1. The summed E-state index contributed by atoms with van der Waals surface area (Å²) in [6.07, 6.45) is 6.15. The standard InChI is InChI=1S/C10H17N3O2S/c1-8-2-3-9(4-8)5-13-16(14,15)10-6-11-12-7-10/h6-9,13H,2-5H2,1H3,(H,11,12). The van der Waals surface area contributed by atoms with Gasteiger partial charge in [0.05, 0.1) is 6.20 Å². The summed E-state index contributed by atoms with van der Waals surface area (Å²) in [5, 5.41) is 6.14. The van der Waals surface area contributed by atoms with Gasteiger partial charge in [0, 0.05) is 12.7 Å². The number of H-pyrrole nitrogens is 1. The summed E-state index contributed by atoms with van der Waals surface area (Å²) < 4.78 is 26.2. The molecule has 1 aliphatic carbocycles. The second-order valence-corrected chi connectivity index (χ2v) is 6.34. The molecule has 1 aromatic rings. The van der Waals surface area contributed by atoms with Crippen molar-refractivity contribution in [2.75, 3.05) is 6.54 Å². The number of nitrogens with zero attached hydrogens (tertiary/aromatic N) is 1. The number of nitrogens with one attached hydrogen (secondary N) is 2. The van der Waals surface area contributed by atoms with Gasteiger partial charge in [-0.05, 0) is 24.7 Å². The Morgan fingerprint density at radius 2 is 2.38 bits per heavy atom. The van der Waals surface area contributed by atoms with Crippen molar-refractivity contribution in [3.8, 4) is 0 Å². The minimum atomic E-state index is -3.37. The number of hydrogen-bond donors (Lipinski definition) is 2. The first-order chi connectivity index (χ1) is 7.58. The van der Waals surface area contributed by atoms with Crippen molar-refractivity contribution in [3.63, 3.8) is 0 Å². The maximum absolute atomic E-state index is 11.8. The zero-order valence-electron chi connectivity index (χ0n) is 9.31. The van der Waals surface area contributed by atoms with Crippen LogP contribution < -0.4 is 4.72 Å². The van der Waals surface area contributed by atoms with Crippen molar-refractivity contribution < 1.29 is 8.42 Å². The van der Waals surface area contributed by atoms with E-state index in [-0.39, 0.29) is 4.90 Å². The monoisotopic (exact) mass is 243 g/mol. The fourth-order valence-corrected chi connectivity index (χ4v) is 3.23. The van der Waals surface area contributed by atoms with Gasteiger partial charge in [0.2, 0.25) is 10.0 Å². The molecular formula is C10H17N3O2S. The first-order valence-electron chi connectivity index (χ1n) is 5.56. The van der Waals surface area contributed by atoms with E-state index in [0.29, 0.717) is 12.5 Å². The molecule has 0 aliphatic heterocycles. The molecule has 16 heavy (non-hydrogen) atoms. The van der Waals surface area contributed by atoms with Crippen LogP contribution in [0.25, 0.3) is 0 Å². The van der Waals surface area contributed by atoms with Crippen LogP contribution in [0.5, 0.6) is 0 Å². The summed E-state index contributed by atoms with van der Waals surface area (Å²) in [4.78, 5) is 0.207. The van der Waals surface area contributed by atoms with Crippen LogP contribution in [0, 0.1) is 11.8 Å². The van der Waals surface area contributed by atoms with Crippen molar-refractivity contribution >= 4 is 10.0 Å². The zero-order valence-corrected chi connectivity index (χ0v) is 10.1. The van der Waals surface area contributed by atoms with Gasteiger partial charge in [0.15, 0.2) is 0 Å². The molecule has 0 aromatic carbocycles. The third-order valence-electron chi connectivity index (χ3n) is 3.15. The predicted octanol–water partition coefficient (Wildman–Crippen LogP) is 1.12. The molecule has 0 spiro atoms. The molecule has 2 rings (SSSR count). The molecule has 1 aromatic heterocycles. The average molecular weight is 243 g/mol. The summed E-state index contributed by atoms with van der Waals surface area (Å²) in [5.41, 5.74) is 0. The number of hydrogen-bond acceptors (Lipinski definition) is 3. The van der Waals surface area contributed by atoms with Crippen LogP contribution in [0.3, 0.4) is 0 Å². The Labute approximate surface area is 95.7 Å². The molecule has 1 heterocycles. The molecule has 2 atom stereocenters. The van der Waals surface area contributed by atoms with Crippen LogP contribution in [0.15, 0.2) is 17.3 Å². The summed E-state index contributed by atoms with van der Waals surface area (Å²) >= 11 is 0. The summed E-state index contributed by atoms with van der Waals surface area (Å²) in [6.45, 7) is 2.75. The number of sulfonamides is 1. The van der Waals surface area contributed by atoms with E-state index in [0.717, 1.165) is 18.8 Å². The minimum absolute atomic E-state index is 0.207. The Morgan fingerprint density at radius 1 is 1.56 bits per heavy atom. The molecule has 1 fully saturated rings. The lowest BCUT2D eigenvalue weighted by molar-refractivity contribution is 0.498. The molecule has 2 N–H and O–H groups in total.